The van der Waals surface area contributed by atoms with Gasteiger partial charge >= 0.3 is 0 Å². The van der Waals surface area contributed by atoms with Crippen LogP contribution < -0.4 is 0 Å². The van der Waals surface area contributed by atoms with Crippen LogP contribution >= 0.6 is 0 Å². The van der Waals surface area contributed by atoms with E-state index in [-0.39, 0.29) is 0 Å². The maximum Gasteiger partial charge on any atom is -0.0241 e. The summed E-state index contributed by atoms with van der Waals surface area (Å²) in [7, 11) is 0. The van der Waals surface area contributed by atoms with E-state index < -0.39 is 0 Å². The molecule has 4 atom stereocenters. The second-order valence-corrected chi connectivity index (χ2v) is 7.62. The molecule has 0 spiro atoms. The van der Waals surface area contributed by atoms with Gasteiger partial charge in [0.15, 0.2) is 0 Å². The lowest BCUT2D eigenvalue weighted by molar-refractivity contribution is 0.0147. The maximum absolute atomic E-state index is 2.63. The van der Waals surface area contributed by atoms with Crippen molar-refractivity contribution >= 4 is 0 Å². The molecule has 4 unspecified atom stereocenters. The molecule has 3 saturated carbocycles. The Kier molecular flexibility index (Phi) is 2.43. The predicted octanol–water partition coefficient (Wildman–Crippen LogP) is 5.03. The number of hydrogen-bond acceptors (Lipinski definition) is 0. The lowest BCUT2D eigenvalue weighted by Crippen LogP contribution is -2.40. The van der Waals surface area contributed by atoms with Crippen LogP contribution in [0.5, 0.6) is 0 Å². The van der Waals surface area contributed by atoms with Crippen LogP contribution in [0.15, 0.2) is 0 Å². The van der Waals surface area contributed by atoms with Gasteiger partial charge in [-0.3, -0.25) is 0 Å². The maximum atomic E-state index is 2.63. The summed E-state index contributed by atoms with van der Waals surface area (Å²) < 4.78 is 0. The van der Waals surface area contributed by atoms with E-state index in [0.29, 0.717) is 10.8 Å². The van der Waals surface area contributed by atoms with Crippen LogP contribution in [-0.2, 0) is 0 Å². The van der Waals surface area contributed by atoms with Gasteiger partial charge < -0.3 is 0 Å². The smallest absolute Gasteiger partial charge is 0.0241 e. The van der Waals surface area contributed by atoms with Crippen LogP contribution in [-0.4, -0.2) is 0 Å². The first-order valence-electron chi connectivity index (χ1n) is 7.55. The molecule has 0 nitrogen and oxygen atoms in total. The lowest BCUT2D eigenvalue weighted by atomic mass is 9.57. The molecule has 0 aromatic carbocycles. The van der Waals surface area contributed by atoms with Crippen molar-refractivity contribution in [1.29, 1.82) is 0 Å². The molecule has 16 heavy (non-hydrogen) atoms. The lowest BCUT2D eigenvalue weighted by Gasteiger charge is -2.48. The molecule has 3 aliphatic rings. The van der Waals surface area contributed by atoms with Crippen molar-refractivity contribution in [2.75, 3.05) is 0 Å². The number of fused-ring (bicyclic) bond motifs is 2. The SMILES string of the molecule is CC1C2CCC(C)(C2)C1(C)CC1CCCC1. The summed E-state index contributed by atoms with van der Waals surface area (Å²) >= 11 is 0. The summed E-state index contributed by atoms with van der Waals surface area (Å²) in [6.07, 6.45) is 12.2. The second-order valence-electron chi connectivity index (χ2n) is 7.62. The summed E-state index contributed by atoms with van der Waals surface area (Å²) in [5.74, 6) is 3.13. The highest BCUT2D eigenvalue weighted by atomic mass is 14.6. The Morgan fingerprint density at radius 2 is 1.75 bits per heavy atom. The normalized spacial score (nSPS) is 52.7. The molecule has 3 aliphatic carbocycles. The predicted molar refractivity (Wildman–Crippen MR) is 69.3 cm³/mol. The molecular weight excluding hydrogens is 192 g/mol. The Morgan fingerprint density at radius 1 is 1.06 bits per heavy atom. The summed E-state index contributed by atoms with van der Waals surface area (Å²) in [5.41, 5.74) is 1.37. The zero-order valence-corrected chi connectivity index (χ0v) is 11.4. The first kappa shape index (κ1) is 11.1. The van der Waals surface area contributed by atoms with Gasteiger partial charge in [-0.05, 0) is 54.3 Å². The van der Waals surface area contributed by atoms with Crippen LogP contribution in [0.25, 0.3) is 0 Å². The molecule has 2 bridgehead atoms. The van der Waals surface area contributed by atoms with Crippen molar-refractivity contribution in [2.24, 2.45) is 28.6 Å². The van der Waals surface area contributed by atoms with Gasteiger partial charge in [-0.15, -0.1) is 0 Å². The van der Waals surface area contributed by atoms with Gasteiger partial charge in [0.1, 0.15) is 0 Å². The van der Waals surface area contributed by atoms with E-state index in [1.807, 2.05) is 0 Å². The van der Waals surface area contributed by atoms with Gasteiger partial charge in [-0.2, -0.15) is 0 Å². The average molecular weight is 220 g/mol. The third-order valence-corrected chi connectivity index (χ3v) is 7.06. The number of rotatable bonds is 2. The summed E-state index contributed by atoms with van der Waals surface area (Å²) in [6, 6.07) is 0. The van der Waals surface area contributed by atoms with E-state index in [0.717, 1.165) is 17.8 Å². The average Bonchev–Trinajstić information content (AvgIpc) is 2.89. The van der Waals surface area contributed by atoms with Gasteiger partial charge in [0.25, 0.3) is 0 Å². The van der Waals surface area contributed by atoms with Crippen molar-refractivity contribution in [3.8, 4) is 0 Å². The molecule has 0 saturated heterocycles. The molecule has 0 aromatic heterocycles. The molecule has 0 heteroatoms. The second kappa shape index (κ2) is 3.50. The van der Waals surface area contributed by atoms with Crippen molar-refractivity contribution in [3.05, 3.63) is 0 Å². The van der Waals surface area contributed by atoms with Gasteiger partial charge in [0, 0.05) is 0 Å². The first-order valence-corrected chi connectivity index (χ1v) is 7.55. The zero-order chi connectivity index (χ0) is 11.4. The van der Waals surface area contributed by atoms with E-state index >= 15 is 0 Å². The highest BCUT2D eigenvalue weighted by molar-refractivity contribution is 5.09. The van der Waals surface area contributed by atoms with E-state index in [9.17, 15) is 0 Å². The van der Waals surface area contributed by atoms with E-state index in [4.69, 9.17) is 0 Å². The molecule has 3 rings (SSSR count). The van der Waals surface area contributed by atoms with Gasteiger partial charge in [-0.25, -0.2) is 0 Å². The van der Waals surface area contributed by atoms with Crippen molar-refractivity contribution < 1.29 is 0 Å². The van der Waals surface area contributed by atoms with Crippen molar-refractivity contribution in [1.82, 2.24) is 0 Å². The first-order chi connectivity index (χ1) is 7.55. The van der Waals surface area contributed by atoms with Crippen LogP contribution in [0.1, 0.15) is 72.1 Å². The van der Waals surface area contributed by atoms with Gasteiger partial charge in [0.05, 0.1) is 0 Å². The topological polar surface area (TPSA) is 0 Å². The molecule has 0 radical (unpaired) electrons. The fourth-order valence-corrected chi connectivity index (χ4v) is 5.55. The van der Waals surface area contributed by atoms with Gasteiger partial charge in [0.2, 0.25) is 0 Å². The standard InChI is InChI=1S/C16H28/c1-12-14-8-9-15(2,11-14)16(12,3)10-13-6-4-5-7-13/h12-14H,4-11H2,1-3H3. The van der Waals surface area contributed by atoms with E-state index in [1.54, 1.807) is 6.42 Å². The molecule has 0 amide bonds. The summed E-state index contributed by atoms with van der Waals surface area (Å²) in [6.45, 7) is 7.80. The third kappa shape index (κ3) is 1.34. The summed E-state index contributed by atoms with van der Waals surface area (Å²) in [5, 5.41) is 0. The monoisotopic (exact) mass is 220 g/mol. The molecule has 92 valence electrons. The quantitative estimate of drug-likeness (QED) is 0.612. The largest absolute Gasteiger partial charge is 0.0617 e. The molecule has 0 aliphatic heterocycles. The van der Waals surface area contributed by atoms with Crippen LogP contribution in [0.2, 0.25) is 0 Å². The Balaban J connectivity index is 1.80. The van der Waals surface area contributed by atoms with Crippen LogP contribution in [0.4, 0.5) is 0 Å². The zero-order valence-electron chi connectivity index (χ0n) is 11.4. The minimum Gasteiger partial charge on any atom is -0.0617 e. The Morgan fingerprint density at radius 3 is 2.31 bits per heavy atom. The molecule has 0 heterocycles. The highest BCUT2D eigenvalue weighted by Gasteiger charge is 2.60. The Hall–Kier alpha value is 0. The van der Waals surface area contributed by atoms with Crippen molar-refractivity contribution in [3.63, 3.8) is 0 Å². The highest BCUT2D eigenvalue weighted by Crippen LogP contribution is 2.69. The summed E-state index contributed by atoms with van der Waals surface area (Å²) in [4.78, 5) is 0. The Bertz CT molecular complexity index is 276. The van der Waals surface area contributed by atoms with Crippen LogP contribution in [0.3, 0.4) is 0 Å². The number of hydrogen-bond donors (Lipinski definition) is 0. The molecular formula is C16H28. The van der Waals surface area contributed by atoms with Crippen LogP contribution in [0, 0.1) is 28.6 Å². The molecule has 3 fully saturated rings. The fraction of sp³-hybridized carbons (Fsp3) is 1.00. The minimum atomic E-state index is 0.672. The molecule has 0 N–H and O–H groups in total. The molecule has 0 aromatic rings. The Labute approximate surface area is 101 Å². The van der Waals surface area contributed by atoms with E-state index in [2.05, 4.69) is 20.8 Å². The third-order valence-electron chi connectivity index (χ3n) is 7.06. The van der Waals surface area contributed by atoms with Gasteiger partial charge in [-0.1, -0.05) is 46.5 Å². The minimum absolute atomic E-state index is 0.672. The fourth-order valence-electron chi connectivity index (χ4n) is 5.55. The van der Waals surface area contributed by atoms with E-state index in [1.165, 1.54) is 44.9 Å². The van der Waals surface area contributed by atoms with Crippen molar-refractivity contribution in [2.45, 2.75) is 72.1 Å².